The first-order chi connectivity index (χ1) is 11.2. The van der Waals surface area contributed by atoms with E-state index in [1.165, 1.54) is 11.3 Å². The van der Waals surface area contributed by atoms with Gasteiger partial charge in [0, 0.05) is 16.3 Å². The van der Waals surface area contributed by atoms with E-state index >= 15 is 0 Å². The smallest absolute Gasteiger partial charge is 0.246 e. The summed E-state index contributed by atoms with van der Waals surface area (Å²) in [6, 6.07) is 9.90. The van der Waals surface area contributed by atoms with Crippen LogP contribution in [0.2, 0.25) is 0 Å². The molecule has 2 heterocycles. The Bertz CT molecular complexity index is 823. The Morgan fingerprint density at radius 3 is 2.78 bits per heavy atom. The number of hydrogen-bond acceptors (Lipinski definition) is 6. The lowest BCUT2D eigenvalue weighted by Gasteiger charge is -1.96. The van der Waals surface area contributed by atoms with Gasteiger partial charge in [0.25, 0.3) is 0 Å². The van der Waals surface area contributed by atoms with Gasteiger partial charge in [0.15, 0.2) is 0 Å². The van der Waals surface area contributed by atoms with Crippen LogP contribution in [0.3, 0.4) is 0 Å². The van der Waals surface area contributed by atoms with Crippen LogP contribution in [-0.4, -0.2) is 22.1 Å². The van der Waals surface area contributed by atoms with Crippen molar-refractivity contribution in [3.63, 3.8) is 0 Å². The van der Waals surface area contributed by atoms with Crippen LogP contribution in [0.1, 0.15) is 15.7 Å². The van der Waals surface area contributed by atoms with Gasteiger partial charge in [0.05, 0.1) is 29.0 Å². The van der Waals surface area contributed by atoms with Crippen LogP contribution in [0.25, 0.3) is 11.3 Å². The van der Waals surface area contributed by atoms with Gasteiger partial charge in [-0.3, -0.25) is 4.79 Å². The summed E-state index contributed by atoms with van der Waals surface area (Å²) in [5.74, 6) is -0.192. The van der Waals surface area contributed by atoms with Gasteiger partial charge in [-0.1, -0.05) is 30.3 Å². The SMILES string of the molecule is Cc1nc(/C=N\NC(=O)Cc2nc(-c3ccccc3)cs2)cs1. The Morgan fingerprint density at radius 2 is 2.04 bits per heavy atom. The molecule has 5 nitrogen and oxygen atoms in total. The molecule has 0 bridgehead atoms. The molecule has 0 saturated heterocycles. The third kappa shape index (κ3) is 4.30. The van der Waals surface area contributed by atoms with Crippen molar-refractivity contribution in [1.29, 1.82) is 0 Å². The molecule has 0 aliphatic carbocycles. The van der Waals surface area contributed by atoms with Gasteiger partial charge in [-0.25, -0.2) is 15.4 Å². The van der Waals surface area contributed by atoms with Gasteiger partial charge in [-0.15, -0.1) is 22.7 Å². The molecule has 7 heteroatoms. The van der Waals surface area contributed by atoms with E-state index in [-0.39, 0.29) is 12.3 Å². The van der Waals surface area contributed by atoms with Crippen LogP contribution in [0.5, 0.6) is 0 Å². The Balaban J connectivity index is 1.56. The summed E-state index contributed by atoms with van der Waals surface area (Å²) in [4.78, 5) is 20.6. The van der Waals surface area contributed by atoms with E-state index in [4.69, 9.17) is 0 Å². The monoisotopic (exact) mass is 342 g/mol. The average Bonchev–Trinajstić information content (AvgIpc) is 3.17. The molecule has 1 N–H and O–H groups in total. The van der Waals surface area contributed by atoms with E-state index in [0.29, 0.717) is 0 Å². The summed E-state index contributed by atoms with van der Waals surface area (Å²) in [6.45, 7) is 1.92. The van der Waals surface area contributed by atoms with Gasteiger partial charge in [0.1, 0.15) is 5.01 Å². The second-order valence-corrected chi connectivity index (χ2v) is 6.76. The molecule has 3 rings (SSSR count). The van der Waals surface area contributed by atoms with E-state index in [1.807, 2.05) is 48.0 Å². The first-order valence-electron chi connectivity index (χ1n) is 6.94. The number of amides is 1. The zero-order valence-corrected chi connectivity index (χ0v) is 14.0. The average molecular weight is 342 g/mol. The molecule has 0 aliphatic rings. The molecule has 0 radical (unpaired) electrons. The van der Waals surface area contributed by atoms with Crippen LogP contribution in [0.15, 0.2) is 46.2 Å². The summed E-state index contributed by atoms with van der Waals surface area (Å²) < 4.78 is 0. The van der Waals surface area contributed by atoms with Crippen molar-refractivity contribution < 1.29 is 4.79 Å². The number of carbonyl (C=O) groups excluding carboxylic acids is 1. The minimum Gasteiger partial charge on any atom is -0.273 e. The van der Waals surface area contributed by atoms with Gasteiger partial charge >= 0.3 is 0 Å². The Morgan fingerprint density at radius 1 is 1.22 bits per heavy atom. The zero-order chi connectivity index (χ0) is 16.1. The largest absolute Gasteiger partial charge is 0.273 e. The molecule has 0 saturated carbocycles. The highest BCUT2D eigenvalue weighted by molar-refractivity contribution is 7.10. The molecule has 23 heavy (non-hydrogen) atoms. The van der Waals surface area contributed by atoms with E-state index in [0.717, 1.165) is 27.0 Å². The fraction of sp³-hybridized carbons (Fsp3) is 0.125. The molecule has 3 aromatic rings. The van der Waals surface area contributed by atoms with Gasteiger partial charge in [-0.2, -0.15) is 5.10 Å². The molecular formula is C16H14N4OS2. The van der Waals surface area contributed by atoms with Gasteiger partial charge < -0.3 is 0 Å². The third-order valence-corrected chi connectivity index (χ3v) is 4.60. The Kier molecular flexibility index (Phi) is 4.89. The van der Waals surface area contributed by atoms with Crippen LogP contribution >= 0.6 is 22.7 Å². The van der Waals surface area contributed by atoms with Crippen LogP contribution in [0.4, 0.5) is 0 Å². The first kappa shape index (κ1) is 15.5. The molecule has 1 aromatic carbocycles. The predicted molar refractivity (Wildman–Crippen MR) is 93.8 cm³/mol. The molecule has 0 fully saturated rings. The number of rotatable bonds is 5. The van der Waals surface area contributed by atoms with Crippen molar-refractivity contribution in [2.45, 2.75) is 13.3 Å². The summed E-state index contributed by atoms with van der Waals surface area (Å²) >= 11 is 3.01. The lowest BCUT2D eigenvalue weighted by molar-refractivity contribution is -0.120. The van der Waals surface area contributed by atoms with Crippen molar-refractivity contribution in [3.05, 3.63) is 56.8 Å². The number of aromatic nitrogens is 2. The minimum absolute atomic E-state index is 0.192. The molecular weight excluding hydrogens is 328 g/mol. The van der Waals surface area contributed by atoms with Crippen molar-refractivity contribution in [3.8, 4) is 11.3 Å². The van der Waals surface area contributed by atoms with Crippen LogP contribution in [-0.2, 0) is 11.2 Å². The molecule has 0 atom stereocenters. The standard InChI is InChI=1S/C16H14N4OS2/c1-11-18-13(9-22-11)8-17-20-15(21)7-16-19-14(10-23-16)12-5-3-2-4-6-12/h2-6,8-10H,7H2,1H3,(H,20,21)/b17-8-. The number of thiazole rings is 2. The number of nitrogens with zero attached hydrogens (tertiary/aromatic N) is 3. The third-order valence-electron chi connectivity index (χ3n) is 2.96. The molecule has 116 valence electrons. The lowest BCUT2D eigenvalue weighted by Crippen LogP contribution is -2.19. The molecule has 1 amide bonds. The molecule has 2 aromatic heterocycles. The summed E-state index contributed by atoms with van der Waals surface area (Å²) in [6.07, 6.45) is 1.75. The summed E-state index contributed by atoms with van der Waals surface area (Å²) in [5.41, 5.74) is 5.18. The normalized spacial score (nSPS) is 11.0. The van der Waals surface area contributed by atoms with Crippen LogP contribution in [0, 0.1) is 6.92 Å². The van der Waals surface area contributed by atoms with Gasteiger partial charge in [0.2, 0.25) is 5.91 Å². The summed E-state index contributed by atoms with van der Waals surface area (Å²) in [7, 11) is 0. The molecule has 0 spiro atoms. The maximum absolute atomic E-state index is 11.9. The highest BCUT2D eigenvalue weighted by atomic mass is 32.1. The second kappa shape index (κ2) is 7.26. The highest BCUT2D eigenvalue weighted by Crippen LogP contribution is 2.21. The fourth-order valence-electron chi connectivity index (χ4n) is 1.92. The number of nitrogens with one attached hydrogen (secondary N) is 1. The number of aryl methyl sites for hydroxylation is 1. The van der Waals surface area contributed by atoms with E-state index in [1.54, 1.807) is 17.6 Å². The predicted octanol–water partition coefficient (Wildman–Crippen LogP) is 3.27. The van der Waals surface area contributed by atoms with Crippen molar-refractivity contribution in [2.75, 3.05) is 0 Å². The van der Waals surface area contributed by atoms with Gasteiger partial charge in [-0.05, 0) is 6.92 Å². The maximum atomic E-state index is 11.9. The zero-order valence-electron chi connectivity index (χ0n) is 12.4. The van der Waals surface area contributed by atoms with E-state index < -0.39 is 0 Å². The number of hydrogen-bond donors (Lipinski definition) is 1. The maximum Gasteiger partial charge on any atom is 0.246 e. The fourth-order valence-corrected chi connectivity index (χ4v) is 3.29. The van der Waals surface area contributed by atoms with E-state index in [2.05, 4.69) is 20.5 Å². The number of hydrazone groups is 1. The van der Waals surface area contributed by atoms with Crippen molar-refractivity contribution >= 4 is 34.8 Å². The van der Waals surface area contributed by atoms with E-state index in [9.17, 15) is 4.79 Å². The first-order valence-corrected chi connectivity index (χ1v) is 8.70. The van der Waals surface area contributed by atoms with Crippen LogP contribution < -0.4 is 5.43 Å². The van der Waals surface area contributed by atoms with Crippen molar-refractivity contribution in [2.24, 2.45) is 5.10 Å². The lowest BCUT2D eigenvalue weighted by atomic mass is 10.2. The molecule has 0 unspecified atom stereocenters. The number of benzene rings is 1. The minimum atomic E-state index is -0.192. The Labute approximate surface area is 141 Å². The second-order valence-electron chi connectivity index (χ2n) is 4.75. The number of carbonyl (C=O) groups is 1. The summed E-state index contributed by atoms with van der Waals surface area (Å²) in [5, 5.41) is 9.49. The molecule has 0 aliphatic heterocycles. The topological polar surface area (TPSA) is 67.2 Å². The quantitative estimate of drug-likeness (QED) is 0.571. The van der Waals surface area contributed by atoms with Crippen molar-refractivity contribution in [1.82, 2.24) is 15.4 Å². The Hall–Kier alpha value is -2.38. The highest BCUT2D eigenvalue weighted by Gasteiger charge is 2.08.